The maximum Gasteiger partial charge on any atom is 0.416 e. The molecule has 0 unspecified atom stereocenters. The number of rotatable bonds is 7. The van der Waals surface area contributed by atoms with Crippen molar-refractivity contribution in [1.82, 2.24) is 0 Å². The quantitative estimate of drug-likeness (QED) is 0.644. The lowest BCUT2D eigenvalue weighted by molar-refractivity contribution is -0.138. The third-order valence-electron chi connectivity index (χ3n) is 4.10. The summed E-state index contributed by atoms with van der Waals surface area (Å²) in [6, 6.07) is 8.07. The Morgan fingerprint density at radius 3 is 2.38 bits per heavy atom. The van der Waals surface area contributed by atoms with E-state index in [2.05, 4.69) is 10.6 Å². The Kier molecular flexibility index (Phi) is 7.25. The zero-order valence-corrected chi connectivity index (χ0v) is 16.4. The number of aryl methyl sites for hydroxylation is 1. The van der Waals surface area contributed by atoms with E-state index >= 15 is 0 Å². The number of alkyl halides is 3. The van der Waals surface area contributed by atoms with E-state index in [4.69, 9.17) is 4.74 Å². The molecule has 0 aliphatic rings. The Hall–Kier alpha value is -3.03. The smallest absolute Gasteiger partial charge is 0.416 e. The molecule has 0 spiro atoms. The predicted octanol–water partition coefficient (Wildman–Crippen LogP) is 5.40. The van der Waals surface area contributed by atoms with Crippen molar-refractivity contribution in [3.63, 3.8) is 0 Å². The number of carbonyl (C=O) groups excluding carboxylic acids is 2. The number of anilines is 2. The van der Waals surface area contributed by atoms with Gasteiger partial charge in [-0.25, -0.2) is 0 Å². The summed E-state index contributed by atoms with van der Waals surface area (Å²) < 4.78 is 44.8. The summed E-state index contributed by atoms with van der Waals surface area (Å²) in [7, 11) is 0. The molecule has 0 bridgehead atoms. The van der Waals surface area contributed by atoms with Crippen molar-refractivity contribution >= 4 is 23.2 Å². The van der Waals surface area contributed by atoms with Crippen LogP contribution < -0.4 is 15.4 Å². The van der Waals surface area contributed by atoms with Gasteiger partial charge in [0.1, 0.15) is 5.75 Å². The molecule has 2 amide bonds. The van der Waals surface area contributed by atoms with Gasteiger partial charge in [-0.1, -0.05) is 19.9 Å². The van der Waals surface area contributed by atoms with E-state index in [1.165, 1.54) is 31.2 Å². The van der Waals surface area contributed by atoms with Gasteiger partial charge in [0.05, 0.1) is 17.9 Å². The van der Waals surface area contributed by atoms with E-state index in [9.17, 15) is 22.8 Å². The first kappa shape index (κ1) is 22.3. The highest BCUT2D eigenvalue weighted by molar-refractivity contribution is 6.05. The highest BCUT2D eigenvalue weighted by Gasteiger charge is 2.32. The minimum Gasteiger partial charge on any atom is -0.491 e. The molecule has 0 heterocycles. The van der Waals surface area contributed by atoms with Gasteiger partial charge in [0, 0.05) is 17.7 Å². The van der Waals surface area contributed by atoms with Crippen LogP contribution in [-0.2, 0) is 11.0 Å². The van der Waals surface area contributed by atoms with Crippen LogP contribution in [0.25, 0.3) is 0 Å². The van der Waals surface area contributed by atoms with Gasteiger partial charge in [-0.3, -0.25) is 9.59 Å². The van der Waals surface area contributed by atoms with E-state index in [1.807, 2.05) is 6.92 Å². The molecule has 0 atom stereocenters. The Morgan fingerprint density at radius 2 is 1.76 bits per heavy atom. The van der Waals surface area contributed by atoms with Crippen LogP contribution in [0.4, 0.5) is 24.5 Å². The van der Waals surface area contributed by atoms with Crippen molar-refractivity contribution in [1.29, 1.82) is 0 Å². The molecule has 2 aromatic carbocycles. The fourth-order valence-electron chi connectivity index (χ4n) is 2.55. The number of hydrogen-bond donors (Lipinski definition) is 2. The normalized spacial score (nSPS) is 11.1. The highest BCUT2D eigenvalue weighted by atomic mass is 19.4. The van der Waals surface area contributed by atoms with Gasteiger partial charge in [-0.15, -0.1) is 0 Å². The first-order valence-corrected chi connectivity index (χ1v) is 9.21. The van der Waals surface area contributed by atoms with E-state index in [-0.39, 0.29) is 29.1 Å². The molecule has 29 heavy (non-hydrogen) atoms. The molecule has 0 saturated carbocycles. The molecule has 0 fully saturated rings. The monoisotopic (exact) mass is 408 g/mol. The van der Waals surface area contributed by atoms with Crippen molar-refractivity contribution < 1.29 is 27.5 Å². The SMILES string of the molecule is CCCOc1ccc(C(=O)Nc2ccc(C)c(C(F)(F)F)c2)cc1NC(=O)CC. The second kappa shape index (κ2) is 9.45. The maximum absolute atomic E-state index is 13.1. The van der Waals surface area contributed by atoms with Crippen LogP contribution in [0.1, 0.15) is 48.2 Å². The van der Waals surface area contributed by atoms with Crippen LogP contribution in [0.15, 0.2) is 36.4 Å². The van der Waals surface area contributed by atoms with Gasteiger partial charge in [0.25, 0.3) is 5.91 Å². The Bertz CT molecular complexity index is 895. The standard InChI is InChI=1S/C21H23F3N2O3/c1-4-10-29-18-9-7-14(11-17(18)26-19(27)5-2)20(28)25-15-8-6-13(3)16(12-15)21(22,23)24/h6-9,11-12H,4-5,10H2,1-3H3,(H,25,28)(H,26,27). The van der Waals surface area contributed by atoms with Crippen LogP contribution in [0, 0.1) is 6.92 Å². The first-order valence-electron chi connectivity index (χ1n) is 9.21. The second-order valence-electron chi connectivity index (χ2n) is 6.44. The van der Waals surface area contributed by atoms with Crippen LogP contribution in [0.2, 0.25) is 0 Å². The Labute approximate surface area is 167 Å². The van der Waals surface area contributed by atoms with Crippen molar-refractivity contribution in [2.24, 2.45) is 0 Å². The number of halogens is 3. The van der Waals surface area contributed by atoms with Gasteiger partial charge >= 0.3 is 6.18 Å². The number of ether oxygens (including phenoxy) is 1. The molecular weight excluding hydrogens is 385 g/mol. The van der Waals surface area contributed by atoms with Gasteiger partial charge in [-0.05, 0) is 49.2 Å². The Morgan fingerprint density at radius 1 is 1.03 bits per heavy atom. The number of hydrogen-bond acceptors (Lipinski definition) is 3. The van der Waals surface area contributed by atoms with Crippen LogP contribution in [-0.4, -0.2) is 18.4 Å². The lowest BCUT2D eigenvalue weighted by atomic mass is 10.1. The second-order valence-corrected chi connectivity index (χ2v) is 6.44. The molecule has 5 nitrogen and oxygen atoms in total. The molecule has 2 N–H and O–H groups in total. The highest BCUT2D eigenvalue weighted by Crippen LogP contribution is 2.33. The third kappa shape index (κ3) is 5.97. The summed E-state index contributed by atoms with van der Waals surface area (Å²) in [4.78, 5) is 24.3. The molecule has 0 aliphatic heterocycles. The van der Waals surface area contributed by atoms with Crippen molar-refractivity contribution in [2.45, 2.75) is 39.8 Å². The van der Waals surface area contributed by atoms with Crippen molar-refractivity contribution in [2.75, 3.05) is 17.2 Å². The van der Waals surface area contributed by atoms with E-state index < -0.39 is 17.6 Å². The van der Waals surface area contributed by atoms with Gasteiger partial charge in [0.2, 0.25) is 5.91 Å². The third-order valence-corrected chi connectivity index (χ3v) is 4.10. The summed E-state index contributed by atoms with van der Waals surface area (Å²) >= 11 is 0. The lowest BCUT2D eigenvalue weighted by Crippen LogP contribution is -2.16. The van der Waals surface area contributed by atoms with Crippen molar-refractivity contribution in [3.05, 3.63) is 53.1 Å². The maximum atomic E-state index is 13.1. The molecule has 8 heteroatoms. The number of benzene rings is 2. The minimum atomic E-state index is -4.51. The predicted molar refractivity (Wildman–Crippen MR) is 105 cm³/mol. The number of carbonyl (C=O) groups is 2. The van der Waals surface area contributed by atoms with Gasteiger partial charge in [0.15, 0.2) is 0 Å². The molecule has 0 radical (unpaired) electrons. The number of amides is 2. The fraction of sp³-hybridized carbons (Fsp3) is 0.333. The zero-order chi connectivity index (χ0) is 21.6. The molecule has 156 valence electrons. The minimum absolute atomic E-state index is 0.0263. The molecule has 0 saturated heterocycles. The summed E-state index contributed by atoms with van der Waals surface area (Å²) in [6.07, 6.45) is -3.51. The van der Waals surface area contributed by atoms with Crippen molar-refractivity contribution in [3.8, 4) is 5.75 Å². The molecule has 0 aromatic heterocycles. The van der Waals surface area contributed by atoms with E-state index in [0.717, 1.165) is 12.5 Å². The van der Waals surface area contributed by atoms with Crippen LogP contribution in [0.3, 0.4) is 0 Å². The van der Waals surface area contributed by atoms with Gasteiger partial charge in [-0.2, -0.15) is 13.2 Å². The fourth-order valence-corrected chi connectivity index (χ4v) is 2.55. The summed E-state index contributed by atoms with van der Waals surface area (Å²) in [6.45, 7) is 5.41. The first-order chi connectivity index (χ1) is 13.7. The van der Waals surface area contributed by atoms with Crippen LogP contribution in [0.5, 0.6) is 5.75 Å². The Balaban J connectivity index is 2.28. The summed E-state index contributed by atoms with van der Waals surface area (Å²) in [5.74, 6) is -0.437. The average Bonchev–Trinajstić information content (AvgIpc) is 2.67. The molecule has 2 rings (SSSR count). The average molecular weight is 408 g/mol. The molecule has 2 aromatic rings. The van der Waals surface area contributed by atoms with E-state index in [0.29, 0.717) is 18.0 Å². The largest absolute Gasteiger partial charge is 0.491 e. The van der Waals surface area contributed by atoms with Crippen LogP contribution >= 0.6 is 0 Å². The van der Waals surface area contributed by atoms with E-state index in [1.54, 1.807) is 13.0 Å². The number of nitrogens with one attached hydrogen (secondary N) is 2. The van der Waals surface area contributed by atoms with Gasteiger partial charge < -0.3 is 15.4 Å². The molecular formula is C21H23F3N2O3. The molecule has 0 aliphatic carbocycles. The summed E-state index contributed by atoms with van der Waals surface area (Å²) in [5, 5.41) is 5.13. The zero-order valence-electron chi connectivity index (χ0n) is 16.4. The summed E-state index contributed by atoms with van der Waals surface area (Å²) in [5.41, 5.74) is -0.211. The lowest BCUT2D eigenvalue weighted by Gasteiger charge is -2.15. The topological polar surface area (TPSA) is 67.4 Å².